The molecule has 104 valence electrons. The van der Waals surface area contributed by atoms with E-state index < -0.39 is 0 Å². The summed E-state index contributed by atoms with van der Waals surface area (Å²) in [5, 5.41) is 1.39. The highest BCUT2D eigenvalue weighted by Crippen LogP contribution is 2.17. The number of hydrogen-bond donors (Lipinski definition) is 0. The second-order valence-electron chi connectivity index (χ2n) is 4.23. The zero-order valence-corrected chi connectivity index (χ0v) is 11.1. The van der Waals surface area contributed by atoms with Crippen molar-refractivity contribution in [2.45, 2.75) is 19.8 Å². The molecule has 1 heterocycles. The van der Waals surface area contributed by atoms with Crippen molar-refractivity contribution in [3.8, 4) is 11.5 Å². The molecule has 0 radical (unpaired) electrons. The zero-order valence-electron chi connectivity index (χ0n) is 11.1. The monoisotopic (exact) mass is 265 g/mol. The molecular weight excluding hydrogens is 246 g/mol. The Morgan fingerprint density at radius 1 is 1.21 bits per heavy atom. The molecule has 5 heteroatoms. The molecule has 0 aliphatic carbocycles. The van der Waals surface area contributed by atoms with Gasteiger partial charge < -0.3 is 9.47 Å². The Morgan fingerprint density at radius 3 is 2.47 bits per heavy atom. The summed E-state index contributed by atoms with van der Waals surface area (Å²) in [7, 11) is 0. The standard InChI is InChI=1S/C14H19NO4/c1-2-17-12-5-7-13(8-6-12)18-11-14(16)15-9-3-4-10-19-15/h5-8H,2-4,9-11H2,1H3. The topological polar surface area (TPSA) is 48.0 Å². The van der Waals surface area contributed by atoms with Crippen LogP contribution in [0.4, 0.5) is 0 Å². The number of nitrogens with zero attached hydrogens (tertiary/aromatic N) is 1. The summed E-state index contributed by atoms with van der Waals surface area (Å²) in [6.45, 7) is 3.81. The molecule has 0 unspecified atom stereocenters. The van der Waals surface area contributed by atoms with Gasteiger partial charge in [0.2, 0.25) is 0 Å². The summed E-state index contributed by atoms with van der Waals surface area (Å²) in [4.78, 5) is 17.1. The lowest BCUT2D eigenvalue weighted by molar-refractivity contribution is -0.198. The number of ether oxygens (including phenoxy) is 2. The molecule has 0 aromatic heterocycles. The second-order valence-corrected chi connectivity index (χ2v) is 4.23. The summed E-state index contributed by atoms with van der Waals surface area (Å²) in [6, 6.07) is 7.21. The highest BCUT2D eigenvalue weighted by atomic mass is 16.7. The van der Waals surface area contributed by atoms with Crippen LogP contribution in [-0.2, 0) is 9.63 Å². The number of carbonyl (C=O) groups is 1. The molecule has 1 aliphatic rings. The molecule has 1 aliphatic heterocycles. The van der Waals surface area contributed by atoms with Crippen molar-refractivity contribution in [2.24, 2.45) is 0 Å². The minimum Gasteiger partial charge on any atom is -0.494 e. The molecule has 1 aromatic rings. The van der Waals surface area contributed by atoms with Gasteiger partial charge in [0.25, 0.3) is 5.91 Å². The molecule has 0 bridgehead atoms. The van der Waals surface area contributed by atoms with E-state index in [2.05, 4.69) is 0 Å². The Labute approximate surface area is 113 Å². The van der Waals surface area contributed by atoms with Crippen LogP contribution in [0.25, 0.3) is 0 Å². The molecule has 0 N–H and O–H groups in total. The number of rotatable bonds is 5. The van der Waals surface area contributed by atoms with E-state index in [9.17, 15) is 4.79 Å². The Kier molecular flexibility index (Phi) is 5.03. The normalized spacial score (nSPS) is 15.1. The first-order valence-electron chi connectivity index (χ1n) is 6.58. The van der Waals surface area contributed by atoms with Gasteiger partial charge in [-0.15, -0.1) is 0 Å². The molecule has 0 atom stereocenters. The quantitative estimate of drug-likeness (QED) is 0.817. The number of carbonyl (C=O) groups excluding carboxylic acids is 1. The Hall–Kier alpha value is -1.75. The molecule has 1 saturated heterocycles. The van der Waals surface area contributed by atoms with Gasteiger partial charge in [-0.2, -0.15) is 0 Å². The summed E-state index contributed by atoms with van der Waals surface area (Å²) >= 11 is 0. The fourth-order valence-corrected chi connectivity index (χ4v) is 1.81. The maximum atomic E-state index is 11.8. The van der Waals surface area contributed by atoms with Crippen molar-refractivity contribution in [1.29, 1.82) is 0 Å². The molecule has 1 fully saturated rings. The predicted molar refractivity (Wildman–Crippen MR) is 70.0 cm³/mol. The third-order valence-electron chi connectivity index (χ3n) is 2.78. The minimum atomic E-state index is -0.145. The molecule has 1 aromatic carbocycles. The van der Waals surface area contributed by atoms with Crippen LogP contribution in [-0.4, -0.2) is 37.3 Å². The van der Waals surface area contributed by atoms with Crippen molar-refractivity contribution < 1.29 is 19.1 Å². The smallest absolute Gasteiger partial charge is 0.283 e. The van der Waals surface area contributed by atoms with Crippen LogP contribution in [0.3, 0.4) is 0 Å². The van der Waals surface area contributed by atoms with Crippen LogP contribution >= 0.6 is 0 Å². The van der Waals surface area contributed by atoms with Gasteiger partial charge in [0.1, 0.15) is 11.5 Å². The Bertz CT molecular complexity index is 398. The Morgan fingerprint density at radius 2 is 1.89 bits per heavy atom. The molecule has 1 amide bonds. The zero-order chi connectivity index (χ0) is 13.5. The van der Waals surface area contributed by atoms with Gasteiger partial charge in [-0.25, -0.2) is 5.06 Å². The molecular formula is C14H19NO4. The third kappa shape index (κ3) is 4.13. The molecule has 2 rings (SSSR count). The highest BCUT2D eigenvalue weighted by molar-refractivity contribution is 5.76. The fourth-order valence-electron chi connectivity index (χ4n) is 1.81. The largest absolute Gasteiger partial charge is 0.494 e. The van der Waals surface area contributed by atoms with Gasteiger partial charge in [0.15, 0.2) is 6.61 Å². The average molecular weight is 265 g/mol. The van der Waals surface area contributed by atoms with E-state index in [-0.39, 0.29) is 12.5 Å². The average Bonchev–Trinajstić information content (AvgIpc) is 2.47. The summed E-state index contributed by atoms with van der Waals surface area (Å²) in [6.07, 6.45) is 1.98. The van der Waals surface area contributed by atoms with Crippen LogP contribution in [0.2, 0.25) is 0 Å². The van der Waals surface area contributed by atoms with Crippen molar-refractivity contribution in [1.82, 2.24) is 5.06 Å². The summed E-state index contributed by atoms with van der Waals surface area (Å²) in [5.74, 6) is 1.29. The molecule has 5 nitrogen and oxygen atoms in total. The van der Waals surface area contributed by atoms with Crippen molar-refractivity contribution >= 4 is 5.91 Å². The minimum absolute atomic E-state index is 0.00597. The van der Waals surface area contributed by atoms with E-state index in [1.165, 1.54) is 5.06 Å². The van der Waals surface area contributed by atoms with Crippen molar-refractivity contribution in [2.75, 3.05) is 26.4 Å². The van der Waals surface area contributed by atoms with Crippen LogP contribution in [0, 0.1) is 0 Å². The van der Waals surface area contributed by atoms with Gasteiger partial charge in [0.05, 0.1) is 13.2 Å². The van der Waals surface area contributed by atoms with Crippen LogP contribution in [0.1, 0.15) is 19.8 Å². The van der Waals surface area contributed by atoms with Crippen LogP contribution in [0.15, 0.2) is 24.3 Å². The van der Waals surface area contributed by atoms with Gasteiger partial charge in [-0.05, 0) is 44.0 Å². The first-order valence-corrected chi connectivity index (χ1v) is 6.58. The number of hydroxylamine groups is 2. The Balaban J connectivity index is 1.79. The summed E-state index contributed by atoms with van der Waals surface area (Å²) < 4.78 is 10.8. The third-order valence-corrected chi connectivity index (χ3v) is 2.78. The maximum absolute atomic E-state index is 11.8. The highest BCUT2D eigenvalue weighted by Gasteiger charge is 2.17. The van der Waals surface area contributed by atoms with Crippen LogP contribution in [0.5, 0.6) is 11.5 Å². The summed E-state index contributed by atoms with van der Waals surface area (Å²) in [5.41, 5.74) is 0. The molecule has 0 saturated carbocycles. The lowest BCUT2D eigenvalue weighted by Crippen LogP contribution is -2.38. The first-order chi connectivity index (χ1) is 9.29. The number of amides is 1. The van der Waals surface area contributed by atoms with E-state index in [0.29, 0.717) is 25.5 Å². The number of hydrogen-bond acceptors (Lipinski definition) is 4. The lowest BCUT2D eigenvalue weighted by atomic mass is 10.3. The van der Waals surface area contributed by atoms with Crippen molar-refractivity contribution in [3.63, 3.8) is 0 Å². The van der Waals surface area contributed by atoms with Crippen molar-refractivity contribution in [3.05, 3.63) is 24.3 Å². The van der Waals surface area contributed by atoms with Gasteiger partial charge in [0, 0.05) is 6.54 Å². The van der Waals surface area contributed by atoms with E-state index in [1.807, 2.05) is 19.1 Å². The lowest BCUT2D eigenvalue weighted by Gasteiger charge is -2.25. The van der Waals surface area contributed by atoms with E-state index in [1.54, 1.807) is 12.1 Å². The SMILES string of the molecule is CCOc1ccc(OCC(=O)N2CCCCO2)cc1. The molecule has 19 heavy (non-hydrogen) atoms. The van der Waals surface area contributed by atoms with E-state index in [4.69, 9.17) is 14.3 Å². The van der Waals surface area contributed by atoms with Gasteiger partial charge in [-0.1, -0.05) is 0 Å². The maximum Gasteiger partial charge on any atom is 0.283 e. The first kappa shape index (κ1) is 13.7. The van der Waals surface area contributed by atoms with E-state index in [0.717, 1.165) is 18.6 Å². The van der Waals surface area contributed by atoms with Crippen LogP contribution < -0.4 is 9.47 Å². The second kappa shape index (κ2) is 6.99. The predicted octanol–water partition coefficient (Wildman–Crippen LogP) is 2.02. The molecule has 0 spiro atoms. The van der Waals surface area contributed by atoms with E-state index >= 15 is 0 Å². The fraction of sp³-hybridized carbons (Fsp3) is 0.500. The van der Waals surface area contributed by atoms with Gasteiger partial charge in [-0.3, -0.25) is 9.63 Å². The van der Waals surface area contributed by atoms with Gasteiger partial charge >= 0.3 is 0 Å². The number of benzene rings is 1.